The molecule has 0 spiro atoms. The second-order valence-electron chi connectivity index (χ2n) is 8.08. The molecule has 1 N–H and O–H groups in total. The number of halogens is 2. The molecule has 2 fully saturated rings. The molecule has 33 heavy (non-hydrogen) atoms. The normalized spacial score (nSPS) is 22.1. The maximum absolute atomic E-state index is 13.7. The Kier molecular flexibility index (Phi) is 5.56. The van der Waals surface area contributed by atoms with Crippen LogP contribution >= 0.6 is 27.5 Å². The van der Waals surface area contributed by atoms with Crippen molar-refractivity contribution < 1.29 is 14.4 Å². The fourth-order valence-electron chi connectivity index (χ4n) is 4.60. The second kappa shape index (κ2) is 8.41. The Morgan fingerprint density at radius 1 is 0.970 bits per heavy atom. The zero-order valence-electron chi connectivity index (χ0n) is 17.5. The van der Waals surface area contributed by atoms with E-state index >= 15 is 0 Å². The molecule has 166 valence electrons. The monoisotopic (exact) mass is 523 g/mol. The number of rotatable bonds is 3. The zero-order valence-corrected chi connectivity index (χ0v) is 19.9. The highest BCUT2D eigenvalue weighted by atomic mass is 79.9. The highest BCUT2D eigenvalue weighted by Gasteiger charge is 2.60. The van der Waals surface area contributed by atoms with Crippen molar-refractivity contribution >= 4 is 50.9 Å². The van der Waals surface area contributed by atoms with Crippen LogP contribution in [-0.4, -0.2) is 28.8 Å². The number of imide groups is 1. The van der Waals surface area contributed by atoms with E-state index in [0.29, 0.717) is 16.3 Å². The van der Waals surface area contributed by atoms with Gasteiger partial charge in [-0.05, 0) is 48.4 Å². The third-order valence-corrected chi connectivity index (χ3v) is 6.95. The molecule has 3 aromatic rings. The summed E-state index contributed by atoms with van der Waals surface area (Å²) in [7, 11) is 0. The average Bonchev–Trinajstić information content (AvgIpc) is 3.31. The Hall–Kier alpha value is -3.00. The third-order valence-electron chi connectivity index (χ3n) is 6.14. The molecule has 6 nitrogen and oxygen atoms in total. The lowest BCUT2D eigenvalue weighted by molar-refractivity contribution is -0.123. The molecule has 8 heteroatoms. The van der Waals surface area contributed by atoms with Gasteiger partial charge >= 0.3 is 0 Å². The van der Waals surface area contributed by atoms with E-state index in [0.717, 1.165) is 20.5 Å². The fourth-order valence-corrected chi connectivity index (χ4v) is 5.22. The molecule has 0 aromatic heterocycles. The molecule has 0 saturated carbocycles. The van der Waals surface area contributed by atoms with Gasteiger partial charge < -0.3 is 0 Å². The van der Waals surface area contributed by atoms with Gasteiger partial charge in [-0.1, -0.05) is 70.0 Å². The average molecular weight is 525 g/mol. The summed E-state index contributed by atoms with van der Waals surface area (Å²) in [6.07, 6.45) is 0. The number of nitrogens with zero attached hydrogens (tertiary/aromatic N) is 2. The summed E-state index contributed by atoms with van der Waals surface area (Å²) < 4.78 is 0.742. The molecule has 3 aromatic carbocycles. The smallest absolute Gasteiger partial charge is 0.268 e. The van der Waals surface area contributed by atoms with Gasteiger partial charge in [0.2, 0.25) is 5.91 Å². The summed E-state index contributed by atoms with van der Waals surface area (Å²) in [5.41, 5.74) is 5.72. The van der Waals surface area contributed by atoms with E-state index in [4.69, 9.17) is 11.6 Å². The van der Waals surface area contributed by atoms with Crippen molar-refractivity contribution in [2.75, 3.05) is 4.90 Å². The molecule has 2 aliphatic heterocycles. The molecule has 2 aliphatic rings. The minimum Gasteiger partial charge on any atom is -0.274 e. The van der Waals surface area contributed by atoms with Crippen molar-refractivity contribution in [3.05, 3.63) is 99.0 Å². The van der Waals surface area contributed by atoms with Crippen LogP contribution in [0.15, 0.2) is 77.3 Å². The third kappa shape index (κ3) is 3.57. The summed E-state index contributed by atoms with van der Waals surface area (Å²) in [5, 5.41) is 1.60. The molecule has 3 atom stereocenters. The Morgan fingerprint density at radius 2 is 1.70 bits per heavy atom. The van der Waals surface area contributed by atoms with Crippen LogP contribution in [0.4, 0.5) is 5.69 Å². The van der Waals surface area contributed by atoms with Crippen LogP contribution in [0.1, 0.15) is 27.5 Å². The highest BCUT2D eigenvalue weighted by Crippen LogP contribution is 2.44. The standard InChI is InChI=1S/C25H19BrClN3O3/c1-14-7-2-3-10-17(14)21-20-22(30(28-21)23(31)15-8-6-9-16(26)13-15)25(33)29(24(20)32)19-12-5-4-11-18(19)27/h2-13,20-22,28H,1H3/t20-,21-,22+/m0/s1. The first kappa shape index (κ1) is 21.8. The van der Waals surface area contributed by atoms with Crippen LogP contribution in [0, 0.1) is 12.8 Å². The first-order valence-electron chi connectivity index (χ1n) is 10.4. The number of hydrogen-bond acceptors (Lipinski definition) is 4. The minimum absolute atomic E-state index is 0.296. The van der Waals surface area contributed by atoms with Crippen molar-refractivity contribution in [2.24, 2.45) is 5.92 Å². The Morgan fingerprint density at radius 3 is 2.42 bits per heavy atom. The first-order valence-corrected chi connectivity index (χ1v) is 11.6. The van der Waals surface area contributed by atoms with E-state index in [1.807, 2.05) is 37.3 Å². The number of para-hydroxylation sites is 1. The second-order valence-corrected chi connectivity index (χ2v) is 9.41. The number of fused-ring (bicyclic) bond motifs is 1. The van der Waals surface area contributed by atoms with Gasteiger partial charge in [0, 0.05) is 10.0 Å². The summed E-state index contributed by atoms with van der Waals surface area (Å²) in [5.74, 6) is -2.04. The molecule has 0 radical (unpaired) electrons. The first-order chi connectivity index (χ1) is 15.9. The number of aryl methyl sites for hydroxylation is 1. The van der Waals surface area contributed by atoms with E-state index in [1.165, 1.54) is 5.01 Å². The fraction of sp³-hybridized carbons (Fsp3) is 0.160. The molecule has 2 saturated heterocycles. The number of benzene rings is 3. The lowest BCUT2D eigenvalue weighted by atomic mass is 9.88. The van der Waals surface area contributed by atoms with Gasteiger partial charge in [0.25, 0.3) is 11.8 Å². The predicted octanol–water partition coefficient (Wildman–Crippen LogP) is 4.67. The van der Waals surface area contributed by atoms with Crippen molar-refractivity contribution in [1.82, 2.24) is 10.4 Å². The maximum atomic E-state index is 13.7. The molecule has 0 aliphatic carbocycles. The zero-order chi connectivity index (χ0) is 23.3. The SMILES string of the molecule is Cc1ccccc1[C@@H]1NN(C(=O)c2cccc(Br)c2)[C@H]2C(=O)N(c3ccccc3Cl)C(=O)[C@@H]12. The molecule has 2 heterocycles. The largest absolute Gasteiger partial charge is 0.274 e. The number of carbonyl (C=O) groups excluding carboxylic acids is 3. The quantitative estimate of drug-likeness (QED) is 0.506. The Labute approximate surface area is 204 Å². The van der Waals surface area contributed by atoms with Gasteiger partial charge in [-0.3, -0.25) is 19.4 Å². The summed E-state index contributed by atoms with van der Waals surface area (Å²) in [6, 6.07) is 19.8. The van der Waals surface area contributed by atoms with Crippen molar-refractivity contribution in [2.45, 2.75) is 19.0 Å². The van der Waals surface area contributed by atoms with Gasteiger partial charge in [0.05, 0.1) is 22.7 Å². The van der Waals surface area contributed by atoms with Crippen molar-refractivity contribution in [3.8, 4) is 0 Å². The molecule has 0 bridgehead atoms. The van der Waals surface area contributed by atoms with E-state index in [1.54, 1.807) is 42.5 Å². The van der Waals surface area contributed by atoms with Crippen LogP contribution in [-0.2, 0) is 9.59 Å². The van der Waals surface area contributed by atoms with E-state index < -0.39 is 23.9 Å². The minimum atomic E-state index is -0.995. The van der Waals surface area contributed by atoms with E-state index in [9.17, 15) is 14.4 Å². The van der Waals surface area contributed by atoms with Crippen LogP contribution in [0.25, 0.3) is 0 Å². The molecular weight excluding hydrogens is 506 g/mol. The van der Waals surface area contributed by atoms with Crippen LogP contribution in [0.3, 0.4) is 0 Å². The summed E-state index contributed by atoms with van der Waals surface area (Å²) in [4.78, 5) is 41.9. The van der Waals surface area contributed by atoms with Gasteiger partial charge in [-0.2, -0.15) is 0 Å². The number of carbonyl (C=O) groups is 3. The Bertz CT molecular complexity index is 1300. The number of anilines is 1. The van der Waals surface area contributed by atoms with Gasteiger partial charge in [-0.25, -0.2) is 10.3 Å². The summed E-state index contributed by atoms with van der Waals surface area (Å²) in [6.45, 7) is 1.94. The topological polar surface area (TPSA) is 69.7 Å². The van der Waals surface area contributed by atoms with Crippen molar-refractivity contribution in [3.63, 3.8) is 0 Å². The highest BCUT2D eigenvalue weighted by molar-refractivity contribution is 9.10. The number of nitrogens with one attached hydrogen (secondary N) is 1. The predicted molar refractivity (Wildman–Crippen MR) is 129 cm³/mol. The van der Waals surface area contributed by atoms with Crippen LogP contribution < -0.4 is 10.3 Å². The van der Waals surface area contributed by atoms with E-state index in [2.05, 4.69) is 21.4 Å². The number of hydrazine groups is 1. The van der Waals surface area contributed by atoms with Crippen LogP contribution in [0.5, 0.6) is 0 Å². The summed E-state index contributed by atoms with van der Waals surface area (Å²) >= 11 is 9.72. The van der Waals surface area contributed by atoms with Crippen molar-refractivity contribution in [1.29, 1.82) is 0 Å². The van der Waals surface area contributed by atoms with Crippen LogP contribution in [0.2, 0.25) is 5.02 Å². The Balaban J connectivity index is 1.62. The molecule has 3 amide bonds. The maximum Gasteiger partial charge on any atom is 0.268 e. The molecule has 0 unspecified atom stereocenters. The lowest BCUT2D eigenvalue weighted by Crippen LogP contribution is -2.48. The lowest BCUT2D eigenvalue weighted by Gasteiger charge is -2.26. The van der Waals surface area contributed by atoms with Gasteiger partial charge in [0.15, 0.2) is 0 Å². The molecular formula is C25H19BrClN3O3. The number of hydrogen-bond donors (Lipinski definition) is 1. The van der Waals surface area contributed by atoms with Gasteiger partial charge in [-0.15, -0.1) is 0 Å². The molecule has 5 rings (SSSR count). The number of amides is 3. The van der Waals surface area contributed by atoms with E-state index in [-0.39, 0.29) is 11.8 Å². The van der Waals surface area contributed by atoms with Gasteiger partial charge in [0.1, 0.15) is 6.04 Å².